The van der Waals surface area contributed by atoms with Gasteiger partial charge in [0.15, 0.2) is 0 Å². The fourth-order valence-corrected chi connectivity index (χ4v) is 1.56. The number of hydrogen-bond donors (Lipinski definition) is 1. The van der Waals surface area contributed by atoms with Gasteiger partial charge in [-0.05, 0) is 6.92 Å². The lowest BCUT2D eigenvalue weighted by Gasteiger charge is -2.13. The second-order valence-electron chi connectivity index (χ2n) is 3.72. The van der Waals surface area contributed by atoms with E-state index in [-0.39, 0.29) is 11.4 Å². The Morgan fingerprint density at radius 3 is 2.56 bits per heavy atom. The summed E-state index contributed by atoms with van der Waals surface area (Å²) in [4.78, 5) is 33.5. The first-order valence-electron chi connectivity index (χ1n) is 4.91. The number of hydrogen-bond acceptors (Lipinski definition) is 5. The van der Waals surface area contributed by atoms with Crippen LogP contribution in [0.25, 0.3) is 0 Å². The highest BCUT2D eigenvalue weighted by Crippen LogP contribution is 2.23. The van der Waals surface area contributed by atoms with Gasteiger partial charge in [0.25, 0.3) is 5.91 Å². The van der Waals surface area contributed by atoms with Gasteiger partial charge >= 0.3 is 11.7 Å². The van der Waals surface area contributed by atoms with Crippen molar-refractivity contribution in [2.75, 3.05) is 13.6 Å². The zero-order chi connectivity index (χ0) is 14.0. The van der Waals surface area contributed by atoms with Gasteiger partial charge < -0.3 is 10.0 Å². The maximum absolute atomic E-state index is 11.9. The lowest BCUT2D eigenvalue weighted by molar-refractivity contribution is -0.385. The van der Waals surface area contributed by atoms with Crippen LogP contribution >= 0.6 is 0 Å². The van der Waals surface area contributed by atoms with E-state index in [2.05, 4.69) is 5.10 Å². The predicted molar refractivity (Wildman–Crippen MR) is 59.2 cm³/mol. The Bertz CT molecular complexity index is 521. The maximum atomic E-state index is 11.9. The van der Waals surface area contributed by atoms with Crippen molar-refractivity contribution in [2.45, 2.75) is 6.92 Å². The minimum Gasteiger partial charge on any atom is -0.480 e. The molecule has 0 aliphatic rings. The van der Waals surface area contributed by atoms with Gasteiger partial charge in [-0.1, -0.05) is 0 Å². The van der Waals surface area contributed by atoms with E-state index >= 15 is 0 Å². The first-order valence-corrected chi connectivity index (χ1v) is 4.91. The van der Waals surface area contributed by atoms with Crippen LogP contribution in [-0.4, -0.2) is 50.2 Å². The van der Waals surface area contributed by atoms with Crippen molar-refractivity contribution >= 4 is 17.6 Å². The molecule has 0 fully saturated rings. The number of nitro groups is 1. The van der Waals surface area contributed by atoms with E-state index in [4.69, 9.17) is 5.11 Å². The number of carboxylic acid groups (broad SMARTS) is 1. The van der Waals surface area contributed by atoms with Crippen molar-refractivity contribution in [1.82, 2.24) is 14.7 Å². The van der Waals surface area contributed by atoms with Crippen molar-refractivity contribution in [1.29, 1.82) is 0 Å². The number of aryl methyl sites for hydroxylation is 2. The molecule has 9 nitrogen and oxygen atoms in total. The molecule has 0 aliphatic carbocycles. The number of amides is 1. The molecule has 18 heavy (non-hydrogen) atoms. The summed E-state index contributed by atoms with van der Waals surface area (Å²) in [7, 11) is 2.64. The summed E-state index contributed by atoms with van der Waals surface area (Å²) in [6.45, 7) is 0.867. The van der Waals surface area contributed by atoms with Gasteiger partial charge in [0, 0.05) is 14.1 Å². The van der Waals surface area contributed by atoms with Gasteiger partial charge in [-0.25, -0.2) is 0 Å². The maximum Gasteiger partial charge on any atom is 0.323 e. The van der Waals surface area contributed by atoms with Crippen molar-refractivity contribution in [3.8, 4) is 0 Å². The molecule has 1 aromatic heterocycles. The van der Waals surface area contributed by atoms with E-state index in [0.717, 1.165) is 9.58 Å². The summed E-state index contributed by atoms with van der Waals surface area (Å²) in [6, 6.07) is 0. The first kappa shape index (κ1) is 13.6. The van der Waals surface area contributed by atoms with E-state index in [1.807, 2.05) is 0 Å². The van der Waals surface area contributed by atoms with Crippen molar-refractivity contribution < 1.29 is 19.6 Å². The fraction of sp³-hybridized carbons (Fsp3) is 0.444. The van der Waals surface area contributed by atoms with Crippen LogP contribution < -0.4 is 0 Å². The van der Waals surface area contributed by atoms with Crippen LogP contribution in [0.1, 0.15) is 16.2 Å². The largest absolute Gasteiger partial charge is 0.480 e. The molecule has 1 aromatic rings. The molecule has 0 aromatic carbocycles. The molecular formula is C9H12N4O5. The molecule has 1 amide bonds. The third-order valence-electron chi connectivity index (χ3n) is 2.29. The quantitative estimate of drug-likeness (QED) is 0.588. The third kappa shape index (κ3) is 2.44. The summed E-state index contributed by atoms with van der Waals surface area (Å²) in [5, 5.41) is 23.2. The number of rotatable bonds is 4. The molecule has 0 atom stereocenters. The molecule has 98 valence electrons. The Kier molecular flexibility index (Phi) is 3.64. The summed E-state index contributed by atoms with van der Waals surface area (Å²) in [5.74, 6) is -1.96. The monoisotopic (exact) mass is 256 g/mol. The summed E-state index contributed by atoms with van der Waals surface area (Å²) in [6.07, 6.45) is 0. The molecule has 9 heteroatoms. The highest BCUT2D eigenvalue weighted by Gasteiger charge is 2.31. The molecule has 0 saturated heterocycles. The molecule has 0 bridgehead atoms. The highest BCUT2D eigenvalue weighted by molar-refractivity contribution is 5.98. The Morgan fingerprint density at radius 2 is 2.11 bits per heavy atom. The fourth-order valence-electron chi connectivity index (χ4n) is 1.56. The number of aromatic nitrogens is 2. The van der Waals surface area contributed by atoms with Crippen LogP contribution in [0.3, 0.4) is 0 Å². The van der Waals surface area contributed by atoms with Crippen LogP contribution in [0, 0.1) is 17.0 Å². The molecule has 1 N–H and O–H groups in total. The van der Waals surface area contributed by atoms with Crippen LogP contribution in [0.2, 0.25) is 0 Å². The van der Waals surface area contributed by atoms with Gasteiger partial charge in [-0.3, -0.25) is 24.4 Å². The minimum atomic E-state index is -1.20. The number of aliphatic carboxylic acids is 1. The number of carbonyl (C=O) groups excluding carboxylic acids is 1. The van der Waals surface area contributed by atoms with E-state index < -0.39 is 29.0 Å². The highest BCUT2D eigenvalue weighted by atomic mass is 16.6. The Hall–Kier alpha value is -2.45. The Labute approximate surface area is 102 Å². The van der Waals surface area contributed by atoms with Crippen LogP contribution in [0.5, 0.6) is 0 Å². The molecule has 0 unspecified atom stereocenters. The van der Waals surface area contributed by atoms with Gasteiger partial charge in [0.05, 0.1) is 4.92 Å². The molecule has 0 spiro atoms. The molecule has 0 aliphatic heterocycles. The lowest BCUT2D eigenvalue weighted by Crippen LogP contribution is -2.33. The van der Waals surface area contributed by atoms with Crippen molar-refractivity contribution in [2.24, 2.45) is 7.05 Å². The van der Waals surface area contributed by atoms with Crippen molar-refractivity contribution in [3.63, 3.8) is 0 Å². The van der Waals surface area contributed by atoms with Gasteiger partial charge in [-0.2, -0.15) is 5.10 Å². The number of carbonyl (C=O) groups is 2. The number of carboxylic acids is 1. The second kappa shape index (κ2) is 4.82. The topological polar surface area (TPSA) is 119 Å². The normalized spacial score (nSPS) is 10.2. The molecular weight excluding hydrogens is 244 g/mol. The Balaban J connectivity index is 3.20. The summed E-state index contributed by atoms with van der Waals surface area (Å²) in [5.41, 5.74) is -0.532. The molecule has 0 saturated carbocycles. The van der Waals surface area contributed by atoms with E-state index in [1.165, 1.54) is 21.0 Å². The average molecular weight is 256 g/mol. The Morgan fingerprint density at radius 1 is 1.56 bits per heavy atom. The second-order valence-corrected chi connectivity index (χ2v) is 3.72. The minimum absolute atomic E-state index is 0.106. The summed E-state index contributed by atoms with van der Waals surface area (Å²) < 4.78 is 1.08. The van der Waals surface area contributed by atoms with Crippen LogP contribution in [-0.2, 0) is 11.8 Å². The predicted octanol–water partition coefficient (Wildman–Crippen LogP) is -0.207. The number of nitrogens with zero attached hydrogens (tertiary/aromatic N) is 4. The lowest BCUT2D eigenvalue weighted by atomic mass is 10.2. The van der Waals surface area contributed by atoms with E-state index in [9.17, 15) is 19.7 Å². The summed E-state index contributed by atoms with van der Waals surface area (Å²) >= 11 is 0. The average Bonchev–Trinajstić information content (AvgIpc) is 2.51. The third-order valence-corrected chi connectivity index (χ3v) is 2.29. The van der Waals surface area contributed by atoms with E-state index in [1.54, 1.807) is 0 Å². The standard InChI is InChI=1S/C9H12N4O5/c1-5-7(13(17)18)8(12(3)10-5)9(16)11(2)4-6(14)15/h4H2,1-3H3,(H,14,15). The number of likely N-dealkylation sites (N-methyl/N-ethyl adjacent to an activating group) is 1. The zero-order valence-corrected chi connectivity index (χ0v) is 10.1. The van der Waals surface area contributed by atoms with Crippen LogP contribution in [0.4, 0.5) is 5.69 Å². The van der Waals surface area contributed by atoms with Gasteiger partial charge in [0.1, 0.15) is 12.2 Å². The SMILES string of the molecule is Cc1nn(C)c(C(=O)N(C)CC(=O)O)c1[N+](=O)[O-]. The smallest absolute Gasteiger partial charge is 0.323 e. The molecule has 0 radical (unpaired) electrons. The van der Waals surface area contributed by atoms with Gasteiger partial charge in [-0.15, -0.1) is 0 Å². The molecule has 1 rings (SSSR count). The molecule has 1 heterocycles. The van der Waals surface area contributed by atoms with E-state index in [0.29, 0.717) is 0 Å². The van der Waals surface area contributed by atoms with Gasteiger partial charge in [0.2, 0.25) is 5.69 Å². The first-order chi connectivity index (χ1) is 8.25. The van der Waals surface area contributed by atoms with Crippen LogP contribution in [0.15, 0.2) is 0 Å². The van der Waals surface area contributed by atoms with Crippen molar-refractivity contribution in [3.05, 3.63) is 21.5 Å². The zero-order valence-electron chi connectivity index (χ0n) is 10.1.